The van der Waals surface area contributed by atoms with Crippen LogP contribution < -0.4 is 16.0 Å². The van der Waals surface area contributed by atoms with Crippen LogP contribution in [0.25, 0.3) is 0 Å². The second kappa shape index (κ2) is 17.3. The number of unbranched alkanes of at least 4 members (excludes halogenated alkanes) is 1. The lowest BCUT2D eigenvalue weighted by atomic mass is 9.84. The first-order valence-electron chi connectivity index (χ1n) is 19.5. The van der Waals surface area contributed by atoms with E-state index in [4.69, 9.17) is 9.47 Å². The van der Waals surface area contributed by atoms with Gasteiger partial charge in [-0.15, -0.1) is 0 Å². The Morgan fingerprint density at radius 1 is 0.907 bits per heavy atom. The number of nitrogens with zero attached hydrogens (tertiary/aromatic N) is 2. The van der Waals surface area contributed by atoms with Crippen LogP contribution in [0.1, 0.15) is 104 Å². The maximum absolute atomic E-state index is 14.5. The monoisotopic (exact) mass is 751 g/mol. The molecule has 5 amide bonds. The summed E-state index contributed by atoms with van der Waals surface area (Å²) in [5.41, 5.74) is -0.263. The molecule has 0 aromatic heterocycles. The Bertz CT molecular complexity index is 1570. The third-order valence-corrected chi connectivity index (χ3v) is 11.2. The van der Waals surface area contributed by atoms with E-state index in [-0.39, 0.29) is 36.1 Å². The van der Waals surface area contributed by atoms with Gasteiger partial charge in [0.1, 0.15) is 17.7 Å². The molecule has 4 fully saturated rings. The molecule has 3 N–H and O–H groups in total. The molecule has 3 saturated carbocycles. The zero-order valence-corrected chi connectivity index (χ0v) is 32.4. The van der Waals surface area contributed by atoms with Crippen LogP contribution in [0.15, 0.2) is 30.3 Å². The van der Waals surface area contributed by atoms with Gasteiger partial charge in [0, 0.05) is 26.1 Å². The van der Waals surface area contributed by atoms with Gasteiger partial charge in [-0.25, -0.2) is 4.79 Å². The summed E-state index contributed by atoms with van der Waals surface area (Å²) in [7, 11) is 3.13. The highest BCUT2D eigenvalue weighted by atomic mass is 16.7. The van der Waals surface area contributed by atoms with Crippen molar-refractivity contribution < 1.29 is 43.0 Å². The van der Waals surface area contributed by atoms with Crippen molar-refractivity contribution in [2.45, 2.75) is 128 Å². The fourth-order valence-electron chi connectivity index (χ4n) is 8.57. The number of ketones is 1. The molecule has 1 aliphatic heterocycles. The van der Waals surface area contributed by atoms with Crippen LogP contribution in [-0.4, -0.2) is 102 Å². The Morgan fingerprint density at radius 2 is 1.59 bits per heavy atom. The van der Waals surface area contributed by atoms with Gasteiger partial charge in [0.05, 0.1) is 12.6 Å². The van der Waals surface area contributed by atoms with Crippen molar-refractivity contribution in [1.29, 1.82) is 0 Å². The minimum atomic E-state index is -1.19. The number of piperidine rings is 1. The van der Waals surface area contributed by atoms with Gasteiger partial charge in [-0.1, -0.05) is 69.4 Å². The number of rotatable bonds is 15. The average Bonchev–Trinajstić information content (AvgIpc) is 3.75. The van der Waals surface area contributed by atoms with E-state index in [0.29, 0.717) is 43.6 Å². The van der Waals surface area contributed by atoms with Gasteiger partial charge in [-0.3, -0.25) is 28.8 Å². The highest BCUT2D eigenvalue weighted by Crippen LogP contribution is 2.63. The number of Topliss-reactive ketones (excluding diaryl/α,β-unsaturated/α-hetero) is 1. The van der Waals surface area contributed by atoms with Crippen molar-refractivity contribution in [3.8, 4) is 0 Å². The minimum Gasteiger partial charge on any atom is -0.429 e. The van der Waals surface area contributed by atoms with Crippen LogP contribution >= 0.6 is 0 Å². The van der Waals surface area contributed by atoms with Crippen molar-refractivity contribution in [2.75, 3.05) is 20.6 Å². The van der Waals surface area contributed by atoms with Crippen molar-refractivity contribution in [3.05, 3.63) is 35.9 Å². The van der Waals surface area contributed by atoms with Crippen LogP contribution in [-0.2, 0) is 38.2 Å². The number of carbonyl (C=O) groups is 7. The third-order valence-electron chi connectivity index (χ3n) is 11.2. The molecule has 1 saturated heterocycles. The number of carbonyl (C=O) groups excluding carboxylic acids is 7. The van der Waals surface area contributed by atoms with Gasteiger partial charge < -0.3 is 35.2 Å². The molecule has 54 heavy (non-hydrogen) atoms. The van der Waals surface area contributed by atoms with Gasteiger partial charge >= 0.3 is 6.16 Å². The zero-order chi connectivity index (χ0) is 39.3. The van der Waals surface area contributed by atoms with E-state index in [1.807, 2.05) is 6.92 Å². The first-order valence-corrected chi connectivity index (χ1v) is 19.5. The number of hydrogen-bond donors (Lipinski definition) is 3. The summed E-state index contributed by atoms with van der Waals surface area (Å²) >= 11 is 0. The van der Waals surface area contributed by atoms with Crippen molar-refractivity contribution in [1.82, 2.24) is 25.8 Å². The lowest BCUT2D eigenvalue weighted by Gasteiger charge is -2.39. The summed E-state index contributed by atoms with van der Waals surface area (Å²) in [5, 5.41) is 7.81. The molecule has 14 heteroatoms. The summed E-state index contributed by atoms with van der Waals surface area (Å²) < 4.78 is 11.2. The Labute approximate surface area is 317 Å². The van der Waals surface area contributed by atoms with Crippen LogP contribution in [0.3, 0.4) is 0 Å². The largest absolute Gasteiger partial charge is 0.509 e. The van der Waals surface area contributed by atoms with Crippen LogP contribution in [0.5, 0.6) is 0 Å². The second-order valence-corrected chi connectivity index (χ2v) is 16.5. The van der Waals surface area contributed by atoms with Crippen molar-refractivity contribution in [3.63, 3.8) is 0 Å². The van der Waals surface area contributed by atoms with E-state index >= 15 is 0 Å². The molecule has 0 radical (unpaired) electrons. The number of hydrogen-bond acceptors (Lipinski definition) is 9. The Kier molecular flexibility index (Phi) is 13.1. The van der Waals surface area contributed by atoms with E-state index in [1.165, 1.54) is 4.90 Å². The van der Waals surface area contributed by atoms with Gasteiger partial charge in [0.15, 0.2) is 6.10 Å². The van der Waals surface area contributed by atoms with Gasteiger partial charge in [-0.05, 0) is 76.2 Å². The van der Waals surface area contributed by atoms with E-state index in [0.717, 1.165) is 25.7 Å². The molecule has 1 aromatic rings. The molecule has 4 aliphatic rings. The molecule has 0 spiro atoms. The SMILES string of the molecule is CCCCC(NC(=O)C1C2CC(C3CC32)N1C(=O)[C@H](OC(=O)OC(C)(C)C)C1CCCCC1)C(=O)C(=O)NCC(=O)NC(C(=O)N(C)C)c1ccccc1. The topological polar surface area (TPSA) is 181 Å². The predicted octanol–water partition coefficient (Wildman–Crippen LogP) is 3.43. The standard InChI is InChI=1S/C40H57N5O9/c1-7-8-19-28(33(47)36(49)41-22-30(46)43-31(37(50)44(5)6)23-15-11-9-12-16-23)42-35(48)32-27-21-29(26-20-25(26)27)45(32)38(51)34(24-17-13-10-14-18-24)53-39(52)54-40(2,3)4/h9,11-12,15-16,24-29,31-32,34H,7-8,10,13-14,17-22H2,1-6H3,(H,41,49)(H,42,48)(H,43,46)/t25?,26?,27?,28?,29?,31?,32?,34-/m1/s1. The number of likely N-dealkylation sites (N-methyl/N-ethyl adjacent to an activating group) is 1. The summed E-state index contributed by atoms with van der Waals surface area (Å²) in [4.78, 5) is 97.2. The van der Waals surface area contributed by atoms with Crippen LogP contribution in [0, 0.1) is 23.7 Å². The number of ether oxygens (including phenoxy) is 2. The smallest absolute Gasteiger partial charge is 0.429 e. The highest BCUT2D eigenvalue weighted by Gasteiger charge is 2.68. The number of likely N-dealkylation sites (tertiary alicyclic amines) is 1. The predicted molar refractivity (Wildman–Crippen MR) is 197 cm³/mol. The van der Waals surface area contributed by atoms with E-state index in [2.05, 4.69) is 16.0 Å². The first-order chi connectivity index (χ1) is 25.6. The van der Waals surface area contributed by atoms with Gasteiger partial charge in [0.25, 0.3) is 11.8 Å². The Morgan fingerprint density at radius 3 is 2.22 bits per heavy atom. The van der Waals surface area contributed by atoms with Crippen LogP contribution in [0.2, 0.25) is 0 Å². The second-order valence-electron chi connectivity index (χ2n) is 16.5. The molecular weight excluding hydrogens is 694 g/mol. The number of amides is 5. The molecule has 14 nitrogen and oxygen atoms in total. The summed E-state index contributed by atoms with van der Waals surface area (Å²) in [6, 6.07) is 5.43. The summed E-state index contributed by atoms with van der Waals surface area (Å²) in [6.45, 7) is 6.52. The van der Waals surface area contributed by atoms with Gasteiger partial charge in [0.2, 0.25) is 23.5 Å². The Balaban J connectivity index is 1.27. The molecule has 1 heterocycles. The molecular formula is C40H57N5O9. The summed E-state index contributed by atoms with van der Waals surface area (Å²) in [6.07, 6.45) is 5.19. The molecule has 1 aromatic carbocycles. The fourth-order valence-corrected chi connectivity index (χ4v) is 8.57. The molecule has 8 atom stereocenters. The molecule has 5 rings (SSSR count). The maximum atomic E-state index is 14.5. The van der Waals surface area contributed by atoms with Crippen molar-refractivity contribution >= 4 is 41.5 Å². The van der Waals surface area contributed by atoms with Gasteiger partial charge in [-0.2, -0.15) is 0 Å². The van der Waals surface area contributed by atoms with Crippen LogP contribution in [0.4, 0.5) is 4.79 Å². The van der Waals surface area contributed by atoms with Crippen molar-refractivity contribution in [2.24, 2.45) is 23.7 Å². The number of benzene rings is 1. The zero-order valence-electron chi connectivity index (χ0n) is 32.4. The fraction of sp³-hybridized carbons (Fsp3) is 0.675. The van der Waals surface area contributed by atoms with E-state index in [1.54, 1.807) is 70.1 Å². The minimum absolute atomic E-state index is 0.112. The Hall–Kier alpha value is -4.49. The molecule has 3 aliphatic carbocycles. The number of nitrogens with one attached hydrogen (secondary N) is 3. The lowest BCUT2D eigenvalue weighted by Crippen LogP contribution is -2.60. The first kappa shape index (κ1) is 40.7. The normalized spacial score (nSPS) is 24.6. The third kappa shape index (κ3) is 9.59. The maximum Gasteiger partial charge on any atom is 0.509 e. The highest BCUT2D eigenvalue weighted by molar-refractivity contribution is 6.38. The quantitative estimate of drug-likeness (QED) is 0.179. The van der Waals surface area contributed by atoms with E-state index in [9.17, 15) is 33.6 Å². The summed E-state index contributed by atoms with van der Waals surface area (Å²) in [5.74, 6) is -3.68. The lowest BCUT2D eigenvalue weighted by molar-refractivity contribution is -0.156. The molecule has 7 unspecified atom stereocenters. The average molecular weight is 752 g/mol. The number of fused-ring (bicyclic) bond motifs is 5. The molecule has 296 valence electrons. The van der Waals surface area contributed by atoms with E-state index < -0.39 is 71.9 Å². The molecule has 2 bridgehead atoms.